The third-order valence-corrected chi connectivity index (χ3v) is 3.86. The van der Waals surface area contributed by atoms with Crippen LogP contribution in [0.1, 0.15) is 40.5 Å². The van der Waals surface area contributed by atoms with E-state index in [2.05, 4.69) is 4.18 Å². The summed E-state index contributed by atoms with van der Waals surface area (Å²) in [5.74, 6) is -2.49. The molecule has 1 aliphatic rings. The molecule has 0 N–H and O–H groups in total. The smallest absolute Gasteiger partial charge is 0.459 e. The zero-order chi connectivity index (χ0) is 17.3. The maximum atomic E-state index is 12.4. The molecule has 1 aliphatic carbocycles. The molecule has 0 aromatic heterocycles. The van der Waals surface area contributed by atoms with Gasteiger partial charge in [0.15, 0.2) is 0 Å². The Hall–Kier alpha value is -1.25. The second-order valence-electron chi connectivity index (χ2n) is 6.25. The van der Waals surface area contributed by atoms with Crippen LogP contribution in [0.15, 0.2) is 11.8 Å². The van der Waals surface area contributed by atoms with Crippen molar-refractivity contribution in [2.75, 3.05) is 0 Å². The summed E-state index contributed by atoms with van der Waals surface area (Å²) in [5.41, 5.74) is -6.39. The molecule has 5 nitrogen and oxygen atoms in total. The fourth-order valence-electron chi connectivity index (χ4n) is 1.93. The van der Waals surface area contributed by atoms with E-state index < -0.39 is 38.9 Å². The topological polar surface area (TPSA) is 69.7 Å². The average molecular weight is 344 g/mol. The highest BCUT2D eigenvalue weighted by molar-refractivity contribution is 7.87. The number of rotatable bonds is 3. The highest BCUT2D eigenvalue weighted by atomic mass is 32.2. The lowest BCUT2D eigenvalue weighted by Gasteiger charge is -2.29. The minimum atomic E-state index is -5.80. The van der Waals surface area contributed by atoms with Crippen LogP contribution in [0.3, 0.4) is 0 Å². The molecule has 0 aromatic rings. The molecule has 0 saturated carbocycles. The van der Waals surface area contributed by atoms with Crippen LogP contribution in [0.5, 0.6) is 0 Å². The van der Waals surface area contributed by atoms with Crippen LogP contribution >= 0.6 is 0 Å². The van der Waals surface area contributed by atoms with E-state index in [1.54, 1.807) is 27.7 Å². The van der Waals surface area contributed by atoms with E-state index in [1.165, 1.54) is 6.08 Å². The first-order chi connectivity index (χ1) is 9.73. The molecule has 0 heterocycles. The van der Waals surface area contributed by atoms with E-state index in [4.69, 9.17) is 4.74 Å². The van der Waals surface area contributed by atoms with E-state index in [-0.39, 0.29) is 12.3 Å². The Kier molecular flexibility index (Phi) is 5.21. The molecular formula is C13H19F3O5S. The van der Waals surface area contributed by atoms with E-state index >= 15 is 0 Å². The largest absolute Gasteiger partial charge is 0.534 e. The maximum Gasteiger partial charge on any atom is 0.534 e. The monoisotopic (exact) mass is 344 g/mol. The Balaban J connectivity index is 3.02. The van der Waals surface area contributed by atoms with Crippen LogP contribution in [-0.4, -0.2) is 25.5 Å². The third kappa shape index (κ3) is 4.89. The number of carbonyl (C=O) groups excluding carboxylic acids is 1. The minimum absolute atomic E-state index is 0.00143. The number of halogens is 3. The Morgan fingerprint density at radius 1 is 1.27 bits per heavy atom. The summed E-state index contributed by atoms with van der Waals surface area (Å²) in [6, 6.07) is 0. The molecule has 0 radical (unpaired) electrons. The molecule has 1 unspecified atom stereocenters. The Morgan fingerprint density at radius 3 is 2.27 bits per heavy atom. The molecule has 22 heavy (non-hydrogen) atoms. The van der Waals surface area contributed by atoms with Crippen LogP contribution < -0.4 is 0 Å². The SMILES string of the molecule is C[C@H]1CC=C(OS(=O)(=O)C(F)(F)F)C(C(=O)OC(C)(C)C)C1. The van der Waals surface area contributed by atoms with Gasteiger partial charge in [0.2, 0.25) is 0 Å². The van der Waals surface area contributed by atoms with Crippen molar-refractivity contribution in [3.63, 3.8) is 0 Å². The Bertz CT molecular complexity index is 557. The van der Waals surface area contributed by atoms with Crippen LogP contribution in [-0.2, 0) is 23.8 Å². The zero-order valence-corrected chi connectivity index (χ0v) is 13.5. The van der Waals surface area contributed by atoms with Crippen LogP contribution in [0.2, 0.25) is 0 Å². The molecule has 0 bridgehead atoms. The predicted molar refractivity (Wildman–Crippen MR) is 71.9 cm³/mol. The van der Waals surface area contributed by atoms with Crippen molar-refractivity contribution in [2.24, 2.45) is 11.8 Å². The van der Waals surface area contributed by atoms with Crippen LogP contribution in [0.4, 0.5) is 13.2 Å². The summed E-state index contributed by atoms with van der Waals surface area (Å²) in [6.45, 7) is 6.61. The highest BCUT2D eigenvalue weighted by Crippen LogP contribution is 2.35. The van der Waals surface area contributed by atoms with Crippen LogP contribution in [0, 0.1) is 11.8 Å². The Morgan fingerprint density at radius 2 is 1.82 bits per heavy atom. The first-order valence-corrected chi connectivity index (χ1v) is 8.07. The van der Waals surface area contributed by atoms with Gasteiger partial charge in [-0.3, -0.25) is 4.79 Å². The lowest BCUT2D eigenvalue weighted by Crippen LogP contribution is -2.34. The van der Waals surface area contributed by atoms with Crippen molar-refractivity contribution < 1.29 is 35.3 Å². The quantitative estimate of drug-likeness (QED) is 0.447. The number of allylic oxidation sites excluding steroid dienone is 1. The fourth-order valence-corrected chi connectivity index (χ4v) is 2.46. The number of carbonyl (C=O) groups is 1. The van der Waals surface area contributed by atoms with Crippen molar-refractivity contribution in [1.82, 2.24) is 0 Å². The molecule has 1 rings (SSSR count). The second-order valence-corrected chi connectivity index (χ2v) is 7.79. The number of ether oxygens (including phenoxy) is 1. The molecule has 0 amide bonds. The first-order valence-electron chi connectivity index (χ1n) is 6.66. The van der Waals surface area contributed by atoms with E-state index in [9.17, 15) is 26.4 Å². The molecule has 0 saturated heterocycles. The van der Waals surface area contributed by atoms with Crippen molar-refractivity contribution >= 4 is 16.1 Å². The summed E-state index contributed by atoms with van der Waals surface area (Å²) < 4.78 is 68.7. The summed E-state index contributed by atoms with van der Waals surface area (Å²) in [6.07, 6.45) is 1.68. The fraction of sp³-hybridized carbons (Fsp3) is 0.769. The third-order valence-electron chi connectivity index (χ3n) is 2.88. The van der Waals surface area contributed by atoms with Gasteiger partial charge in [-0.15, -0.1) is 0 Å². The lowest BCUT2D eigenvalue weighted by molar-refractivity contribution is -0.160. The zero-order valence-electron chi connectivity index (χ0n) is 12.7. The van der Waals surface area contributed by atoms with Gasteiger partial charge in [0.25, 0.3) is 0 Å². The van der Waals surface area contributed by atoms with Gasteiger partial charge in [0, 0.05) is 0 Å². The predicted octanol–water partition coefficient (Wildman–Crippen LogP) is 3.12. The average Bonchev–Trinajstić information content (AvgIpc) is 2.27. The molecule has 2 atom stereocenters. The minimum Gasteiger partial charge on any atom is -0.459 e. The van der Waals surface area contributed by atoms with Crippen molar-refractivity contribution in [3.05, 3.63) is 11.8 Å². The first kappa shape index (κ1) is 18.8. The van der Waals surface area contributed by atoms with Gasteiger partial charge in [0.1, 0.15) is 17.3 Å². The summed E-state index contributed by atoms with van der Waals surface area (Å²) in [7, 11) is -5.80. The number of alkyl halides is 3. The molecular weight excluding hydrogens is 325 g/mol. The standard InChI is InChI=1S/C13H19F3O5S/c1-8-5-6-10(21-22(18,19)13(14,15)16)9(7-8)11(17)20-12(2,3)4/h6,8-9H,5,7H2,1-4H3/t8-,9?/m0/s1. The number of hydrogen-bond acceptors (Lipinski definition) is 5. The molecule has 0 fully saturated rings. The van der Waals surface area contributed by atoms with Crippen LogP contribution in [0.25, 0.3) is 0 Å². The van der Waals surface area contributed by atoms with Gasteiger partial charge in [-0.2, -0.15) is 21.6 Å². The van der Waals surface area contributed by atoms with Gasteiger partial charge in [0.05, 0.1) is 0 Å². The normalized spacial score (nSPS) is 23.7. The van der Waals surface area contributed by atoms with Crippen molar-refractivity contribution in [2.45, 2.75) is 51.6 Å². The Labute approximate surface area is 127 Å². The number of hydrogen-bond donors (Lipinski definition) is 0. The van der Waals surface area contributed by atoms with Gasteiger partial charge >= 0.3 is 21.6 Å². The second kappa shape index (κ2) is 6.10. The molecule has 9 heteroatoms. The van der Waals surface area contributed by atoms with Gasteiger partial charge in [-0.25, -0.2) is 0 Å². The summed E-state index contributed by atoms with van der Waals surface area (Å²) in [5, 5.41) is 0. The molecule has 128 valence electrons. The molecule has 0 aromatic carbocycles. The van der Waals surface area contributed by atoms with E-state index in [1.807, 2.05) is 0 Å². The number of esters is 1. The lowest BCUT2D eigenvalue weighted by atomic mass is 9.86. The summed E-state index contributed by atoms with van der Waals surface area (Å²) in [4.78, 5) is 12.1. The molecule has 0 spiro atoms. The maximum absolute atomic E-state index is 12.4. The molecule has 0 aliphatic heterocycles. The van der Waals surface area contributed by atoms with Gasteiger partial charge in [-0.05, 0) is 45.6 Å². The highest BCUT2D eigenvalue weighted by Gasteiger charge is 2.50. The van der Waals surface area contributed by atoms with E-state index in [0.29, 0.717) is 6.42 Å². The van der Waals surface area contributed by atoms with Crippen molar-refractivity contribution in [3.8, 4) is 0 Å². The van der Waals surface area contributed by atoms with Gasteiger partial charge in [-0.1, -0.05) is 6.92 Å². The van der Waals surface area contributed by atoms with Gasteiger partial charge < -0.3 is 8.92 Å². The van der Waals surface area contributed by atoms with E-state index in [0.717, 1.165) is 0 Å². The summed E-state index contributed by atoms with van der Waals surface area (Å²) >= 11 is 0. The van der Waals surface area contributed by atoms with Crippen molar-refractivity contribution in [1.29, 1.82) is 0 Å².